The molecule has 0 heterocycles. The van der Waals surface area contributed by atoms with E-state index in [2.05, 4.69) is 5.32 Å². The molecule has 2 rings (SSSR count). The number of Topliss-reactive ketones (excluding diaryl/α,β-unsaturated/α-hetero) is 1. The van der Waals surface area contributed by atoms with E-state index in [9.17, 15) is 9.59 Å². The lowest BCUT2D eigenvalue weighted by molar-refractivity contribution is -0.123. The Kier molecular flexibility index (Phi) is 3.56. The number of rotatable bonds is 3. The van der Waals surface area contributed by atoms with Gasteiger partial charge in [-0.3, -0.25) is 9.59 Å². The van der Waals surface area contributed by atoms with E-state index in [0.717, 1.165) is 11.1 Å². The van der Waals surface area contributed by atoms with Gasteiger partial charge in [-0.2, -0.15) is 0 Å². The van der Waals surface area contributed by atoms with Gasteiger partial charge in [0.2, 0.25) is 11.7 Å². The molecule has 3 nitrogen and oxygen atoms in total. The Bertz CT molecular complexity index is 568. The van der Waals surface area contributed by atoms with Gasteiger partial charge in [0, 0.05) is 11.5 Å². The molecule has 0 atom stereocenters. The molecule has 1 aliphatic rings. The molecule has 0 unspecified atom stereocenters. The summed E-state index contributed by atoms with van der Waals surface area (Å²) in [7, 11) is 0. The summed E-state index contributed by atoms with van der Waals surface area (Å²) in [6, 6.07) is 7.52. The highest BCUT2D eigenvalue weighted by molar-refractivity contribution is 6.21. The van der Waals surface area contributed by atoms with Crippen LogP contribution in [0.15, 0.2) is 30.0 Å². The fourth-order valence-corrected chi connectivity index (χ4v) is 2.30. The number of allylic oxidation sites excluding steroid dienone is 2. The molecule has 0 bridgehead atoms. The molecule has 1 aliphatic carbocycles. The monoisotopic (exact) mass is 257 g/mol. The van der Waals surface area contributed by atoms with Crippen molar-refractivity contribution in [2.45, 2.75) is 27.7 Å². The van der Waals surface area contributed by atoms with Crippen LogP contribution in [0.3, 0.4) is 0 Å². The molecule has 0 aliphatic heterocycles. The molecule has 100 valence electrons. The molecule has 1 aromatic carbocycles. The van der Waals surface area contributed by atoms with Gasteiger partial charge in [-0.25, -0.2) is 0 Å². The molecule has 1 N–H and O–H groups in total. The number of carbonyl (C=O) groups excluding carboxylic acids is 2. The fraction of sp³-hybridized carbons (Fsp3) is 0.375. The van der Waals surface area contributed by atoms with Gasteiger partial charge >= 0.3 is 0 Å². The van der Waals surface area contributed by atoms with Gasteiger partial charge in [-0.15, -0.1) is 0 Å². The molecular formula is C16H19NO2. The van der Waals surface area contributed by atoms with Gasteiger partial charge in [0.25, 0.3) is 0 Å². The minimum Gasteiger partial charge on any atom is -0.322 e. The van der Waals surface area contributed by atoms with Crippen molar-refractivity contribution in [2.24, 2.45) is 11.8 Å². The van der Waals surface area contributed by atoms with Crippen molar-refractivity contribution < 1.29 is 9.59 Å². The smallest absolute Gasteiger partial charge is 0.227 e. The molecule has 0 saturated carbocycles. The number of hydrogen-bond acceptors (Lipinski definition) is 2. The highest BCUT2D eigenvalue weighted by Gasteiger charge is 2.31. The quantitative estimate of drug-likeness (QED) is 0.904. The van der Waals surface area contributed by atoms with Crippen LogP contribution < -0.4 is 5.32 Å². The summed E-state index contributed by atoms with van der Waals surface area (Å²) in [5, 5.41) is 2.80. The third-order valence-electron chi connectivity index (χ3n) is 3.31. The first-order chi connectivity index (χ1) is 8.93. The first-order valence-electron chi connectivity index (χ1n) is 6.62. The predicted molar refractivity (Wildman–Crippen MR) is 75.5 cm³/mol. The highest BCUT2D eigenvalue weighted by Crippen LogP contribution is 2.36. The van der Waals surface area contributed by atoms with E-state index in [1.54, 1.807) is 0 Å². The van der Waals surface area contributed by atoms with E-state index in [4.69, 9.17) is 0 Å². The normalized spacial score (nSPS) is 14.3. The number of fused-ring (bicyclic) bond motifs is 1. The standard InChI is InChI=1S/C16H19NO2/c1-9(2)13-11-7-5-6-8-12(11)15(18)14(13)17-16(19)10(3)4/h5-10H,1-4H3,(H,17,18,19). The zero-order chi connectivity index (χ0) is 14.2. The maximum absolute atomic E-state index is 12.4. The summed E-state index contributed by atoms with van der Waals surface area (Å²) in [6.45, 7) is 7.70. The summed E-state index contributed by atoms with van der Waals surface area (Å²) in [4.78, 5) is 24.3. The summed E-state index contributed by atoms with van der Waals surface area (Å²) in [5.74, 6) is -0.143. The molecule has 19 heavy (non-hydrogen) atoms. The van der Waals surface area contributed by atoms with Crippen LogP contribution in [0.2, 0.25) is 0 Å². The van der Waals surface area contributed by atoms with E-state index in [1.165, 1.54) is 0 Å². The summed E-state index contributed by atoms with van der Waals surface area (Å²) in [6.07, 6.45) is 0. The Labute approximate surface area is 113 Å². The van der Waals surface area contributed by atoms with Crippen LogP contribution >= 0.6 is 0 Å². The van der Waals surface area contributed by atoms with E-state index in [-0.39, 0.29) is 23.5 Å². The van der Waals surface area contributed by atoms with Crippen LogP contribution in [0.5, 0.6) is 0 Å². The van der Waals surface area contributed by atoms with Crippen LogP contribution in [0.1, 0.15) is 43.6 Å². The van der Waals surface area contributed by atoms with Gasteiger partial charge < -0.3 is 5.32 Å². The van der Waals surface area contributed by atoms with Crippen LogP contribution in [0.4, 0.5) is 0 Å². The minimum absolute atomic E-state index is 0.0756. The van der Waals surface area contributed by atoms with Crippen molar-refractivity contribution in [1.29, 1.82) is 0 Å². The minimum atomic E-state index is -0.141. The molecule has 0 aromatic heterocycles. The molecule has 1 aromatic rings. The maximum atomic E-state index is 12.4. The Morgan fingerprint density at radius 1 is 1.05 bits per heavy atom. The van der Waals surface area contributed by atoms with Crippen molar-refractivity contribution >= 4 is 17.3 Å². The van der Waals surface area contributed by atoms with E-state index >= 15 is 0 Å². The summed E-state index contributed by atoms with van der Waals surface area (Å²) < 4.78 is 0. The Morgan fingerprint density at radius 3 is 2.16 bits per heavy atom. The largest absolute Gasteiger partial charge is 0.322 e. The summed E-state index contributed by atoms with van der Waals surface area (Å²) >= 11 is 0. The Morgan fingerprint density at radius 2 is 1.63 bits per heavy atom. The summed E-state index contributed by atoms with van der Waals surface area (Å²) in [5.41, 5.74) is 3.02. The van der Waals surface area contributed by atoms with Gasteiger partial charge in [-0.05, 0) is 17.1 Å². The topological polar surface area (TPSA) is 46.2 Å². The highest BCUT2D eigenvalue weighted by atomic mass is 16.2. The number of benzene rings is 1. The van der Waals surface area contributed by atoms with Crippen LogP contribution in [-0.2, 0) is 4.79 Å². The first-order valence-corrected chi connectivity index (χ1v) is 6.62. The molecule has 0 fully saturated rings. The van der Waals surface area contributed by atoms with Crippen LogP contribution in [-0.4, -0.2) is 11.7 Å². The fourth-order valence-electron chi connectivity index (χ4n) is 2.30. The Balaban J connectivity index is 2.48. The molecule has 0 saturated heterocycles. The second kappa shape index (κ2) is 5.00. The van der Waals surface area contributed by atoms with Crippen molar-refractivity contribution in [3.8, 4) is 0 Å². The second-order valence-corrected chi connectivity index (χ2v) is 5.46. The van der Waals surface area contributed by atoms with Gasteiger partial charge in [0.15, 0.2) is 0 Å². The third kappa shape index (κ3) is 2.33. The third-order valence-corrected chi connectivity index (χ3v) is 3.31. The zero-order valence-electron chi connectivity index (χ0n) is 11.8. The number of carbonyl (C=O) groups is 2. The molecule has 0 spiro atoms. The Hall–Kier alpha value is -1.90. The number of ketones is 1. The van der Waals surface area contributed by atoms with Crippen LogP contribution in [0.25, 0.3) is 5.57 Å². The molecule has 0 radical (unpaired) electrons. The van der Waals surface area contributed by atoms with Crippen molar-refractivity contribution in [3.05, 3.63) is 41.1 Å². The van der Waals surface area contributed by atoms with Crippen molar-refractivity contribution in [1.82, 2.24) is 5.32 Å². The van der Waals surface area contributed by atoms with Gasteiger partial charge in [-0.1, -0.05) is 52.0 Å². The lowest BCUT2D eigenvalue weighted by atomic mass is 9.96. The predicted octanol–water partition coefficient (Wildman–Crippen LogP) is 3.02. The number of hydrogen-bond donors (Lipinski definition) is 1. The van der Waals surface area contributed by atoms with E-state index < -0.39 is 0 Å². The van der Waals surface area contributed by atoms with Crippen molar-refractivity contribution in [3.63, 3.8) is 0 Å². The molecule has 3 heteroatoms. The van der Waals surface area contributed by atoms with E-state index in [1.807, 2.05) is 52.0 Å². The maximum Gasteiger partial charge on any atom is 0.227 e. The molecular weight excluding hydrogens is 238 g/mol. The average molecular weight is 257 g/mol. The van der Waals surface area contributed by atoms with Crippen LogP contribution in [0, 0.1) is 11.8 Å². The number of nitrogens with one attached hydrogen (secondary N) is 1. The lowest BCUT2D eigenvalue weighted by Crippen LogP contribution is -2.30. The average Bonchev–Trinajstić information content (AvgIpc) is 2.63. The lowest BCUT2D eigenvalue weighted by Gasteiger charge is -2.13. The molecule has 1 amide bonds. The second-order valence-electron chi connectivity index (χ2n) is 5.46. The SMILES string of the molecule is CC(C)C(=O)NC1=C(C(C)C)c2ccccc2C1=O. The number of amides is 1. The van der Waals surface area contributed by atoms with Gasteiger partial charge in [0.1, 0.15) is 0 Å². The first kappa shape index (κ1) is 13.5. The van der Waals surface area contributed by atoms with E-state index in [0.29, 0.717) is 11.3 Å². The van der Waals surface area contributed by atoms with Crippen molar-refractivity contribution in [2.75, 3.05) is 0 Å². The van der Waals surface area contributed by atoms with Gasteiger partial charge in [0.05, 0.1) is 5.70 Å². The zero-order valence-corrected chi connectivity index (χ0v) is 11.8.